The number of hydrogen-bond donors (Lipinski definition) is 0. The van der Waals surface area contributed by atoms with Gasteiger partial charge in [-0.2, -0.15) is 0 Å². The summed E-state index contributed by atoms with van der Waals surface area (Å²) in [5.74, 6) is 0. The summed E-state index contributed by atoms with van der Waals surface area (Å²) in [7, 11) is 0. The second-order valence-electron chi connectivity index (χ2n) is 13.3. The second kappa shape index (κ2) is 11.6. The molecule has 0 fully saturated rings. The van der Waals surface area contributed by atoms with E-state index in [1.54, 1.807) is 0 Å². The summed E-state index contributed by atoms with van der Waals surface area (Å²) >= 11 is 0. The van der Waals surface area contributed by atoms with E-state index in [-0.39, 0.29) is 0 Å². The van der Waals surface area contributed by atoms with Crippen molar-refractivity contribution in [3.8, 4) is 44.5 Å². The zero-order chi connectivity index (χ0) is 33.0. The molecule has 232 valence electrons. The van der Waals surface area contributed by atoms with E-state index in [0.29, 0.717) is 0 Å². The maximum atomic E-state index is 2.43. The molecule has 0 N–H and O–H groups in total. The summed E-state index contributed by atoms with van der Waals surface area (Å²) in [6.07, 6.45) is 0. The van der Waals surface area contributed by atoms with Gasteiger partial charge in [0.25, 0.3) is 0 Å². The lowest BCUT2D eigenvalue weighted by Gasteiger charge is -2.17. The summed E-state index contributed by atoms with van der Waals surface area (Å²) in [5.41, 5.74) is 9.94. The van der Waals surface area contributed by atoms with Crippen LogP contribution in [0.3, 0.4) is 0 Å². The van der Waals surface area contributed by atoms with Crippen LogP contribution >= 0.6 is 0 Å². The van der Waals surface area contributed by atoms with Crippen LogP contribution in [0.15, 0.2) is 194 Å². The fourth-order valence-electron chi connectivity index (χ4n) is 7.88. The minimum Gasteiger partial charge on any atom is -0.0622 e. The zero-order valence-corrected chi connectivity index (χ0v) is 27.5. The van der Waals surface area contributed by atoms with Crippen molar-refractivity contribution in [3.63, 3.8) is 0 Å². The van der Waals surface area contributed by atoms with E-state index < -0.39 is 0 Å². The molecule has 0 saturated heterocycles. The van der Waals surface area contributed by atoms with E-state index in [0.717, 1.165) is 0 Å². The quantitative estimate of drug-likeness (QED) is 0.169. The molecule has 10 aromatic carbocycles. The molecule has 0 bridgehead atoms. The smallest absolute Gasteiger partial charge is 0.00923 e. The van der Waals surface area contributed by atoms with Crippen molar-refractivity contribution in [2.24, 2.45) is 0 Å². The molecule has 0 aliphatic carbocycles. The molecule has 10 rings (SSSR count). The van der Waals surface area contributed by atoms with E-state index in [2.05, 4.69) is 194 Å². The monoisotopic (exact) mass is 632 g/mol. The minimum absolute atomic E-state index is 1.23. The van der Waals surface area contributed by atoms with Gasteiger partial charge in [-0.05, 0) is 135 Å². The van der Waals surface area contributed by atoms with Crippen molar-refractivity contribution >= 4 is 53.9 Å². The maximum Gasteiger partial charge on any atom is -0.00923 e. The maximum absolute atomic E-state index is 2.43. The van der Waals surface area contributed by atoms with Gasteiger partial charge in [0.2, 0.25) is 0 Å². The minimum atomic E-state index is 1.23. The molecule has 0 saturated carbocycles. The molecular weight excluding hydrogens is 601 g/mol. The van der Waals surface area contributed by atoms with E-state index >= 15 is 0 Å². The van der Waals surface area contributed by atoms with Gasteiger partial charge in [-0.3, -0.25) is 0 Å². The molecule has 0 heteroatoms. The highest BCUT2D eigenvalue weighted by Crippen LogP contribution is 2.43. The SMILES string of the molecule is c1ccc(-c2ccc3ccc(-c4cc5c6ccccc6c(-c6ccc7ccc(-c8ccccc8)cc7c6)cc5c5ccccc45)cc3c2)cc1. The highest BCUT2D eigenvalue weighted by Gasteiger charge is 2.15. The average molecular weight is 633 g/mol. The van der Waals surface area contributed by atoms with Gasteiger partial charge in [0, 0.05) is 0 Å². The van der Waals surface area contributed by atoms with Crippen molar-refractivity contribution in [1.82, 2.24) is 0 Å². The van der Waals surface area contributed by atoms with Gasteiger partial charge >= 0.3 is 0 Å². The lowest BCUT2D eigenvalue weighted by Crippen LogP contribution is -1.89. The second-order valence-corrected chi connectivity index (χ2v) is 13.3. The highest BCUT2D eigenvalue weighted by molar-refractivity contribution is 6.24. The van der Waals surface area contributed by atoms with Gasteiger partial charge in [-0.25, -0.2) is 0 Å². The van der Waals surface area contributed by atoms with E-state index in [9.17, 15) is 0 Å². The molecule has 0 aliphatic heterocycles. The molecule has 0 unspecified atom stereocenters. The van der Waals surface area contributed by atoms with Gasteiger partial charge in [0.1, 0.15) is 0 Å². The number of hydrogen-bond acceptors (Lipinski definition) is 0. The zero-order valence-electron chi connectivity index (χ0n) is 27.5. The Morgan fingerprint density at radius 1 is 0.180 bits per heavy atom. The number of benzene rings is 10. The molecule has 10 aromatic rings. The fourth-order valence-corrected chi connectivity index (χ4v) is 7.88. The Bertz CT molecular complexity index is 2700. The summed E-state index contributed by atoms with van der Waals surface area (Å²) in [4.78, 5) is 0. The third-order valence-electron chi connectivity index (χ3n) is 10.4. The van der Waals surface area contributed by atoms with E-state index in [1.807, 2.05) is 0 Å². The van der Waals surface area contributed by atoms with Crippen LogP contribution in [0, 0.1) is 0 Å². The van der Waals surface area contributed by atoms with Crippen LogP contribution in [-0.2, 0) is 0 Å². The first kappa shape index (κ1) is 28.5. The van der Waals surface area contributed by atoms with Crippen LogP contribution in [-0.4, -0.2) is 0 Å². The molecule has 0 aromatic heterocycles. The molecule has 0 atom stereocenters. The number of fused-ring (bicyclic) bond motifs is 7. The van der Waals surface area contributed by atoms with Crippen molar-refractivity contribution in [1.29, 1.82) is 0 Å². The third-order valence-corrected chi connectivity index (χ3v) is 10.4. The number of rotatable bonds is 4. The Hall–Kier alpha value is -6.50. The van der Waals surface area contributed by atoms with Gasteiger partial charge in [0.15, 0.2) is 0 Å². The van der Waals surface area contributed by atoms with Crippen molar-refractivity contribution in [3.05, 3.63) is 194 Å². The van der Waals surface area contributed by atoms with Crippen LogP contribution in [0.5, 0.6) is 0 Å². The summed E-state index contributed by atoms with van der Waals surface area (Å²) in [6.45, 7) is 0. The molecule has 50 heavy (non-hydrogen) atoms. The lowest BCUT2D eigenvalue weighted by molar-refractivity contribution is 1.64. The van der Waals surface area contributed by atoms with Crippen molar-refractivity contribution < 1.29 is 0 Å². The standard InChI is InChI=1S/C50H32/c1-3-11-33(12-4-1)37-23-19-35-21-25-39(29-41(35)27-37)47-31-49-46-18-10-8-16-44(46)48(32-50(49)45-17-9-7-15-43(45)47)40-26-22-36-20-24-38(28-42(36)30-40)34-13-5-2-6-14-34/h1-32H. The Kier molecular flexibility index (Phi) is 6.60. The Morgan fingerprint density at radius 2 is 0.520 bits per heavy atom. The van der Waals surface area contributed by atoms with Gasteiger partial charge in [-0.15, -0.1) is 0 Å². The van der Waals surface area contributed by atoms with Crippen LogP contribution in [0.4, 0.5) is 0 Å². The van der Waals surface area contributed by atoms with E-state index in [1.165, 1.54) is 98.4 Å². The first-order chi connectivity index (χ1) is 24.8. The van der Waals surface area contributed by atoms with E-state index in [4.69, 9.17) is 0 Å². The third kappa shape index (κ3) is 4.77. The predicted molar refractivity (Wildman–Crippen MR) is 216 cm³/mol. The molecule has 0 nitrogen and oxygen atoms in total. The molecule has 0 radical (unpaired) electrons. The molecular formula is C50H32. The Balaban J connectivity index is 1.18. The topological polar surface area (TPSA) is 0 Å². The summed E-state index contributed by atoms with van der Waals surface area (Å²) in [5, 5.41) is 12.7. The van der Waals surface area contributed by atoms with Gasteiger partial charge < -0.3 is 0 Å². The van der Waals surface area contributed by atoms with Crippen LogP contribution in [0.25, 0.3) is 98.4 Å². The fraction of sp³-hybridized carbons (Fsp3) is 0. The Labute approximate surface area is 291 Å². The lowest BCUT2D eigenvalue weighted by atomic mass is 9.87. The molecule has 0 amide bonds. The van der Waals surface area contributed by atoms with Crippen LogP contribution in [0.1, 0.15) is 0 Å². The normalized spacial score (nSPS) is 11.6. The Morgan fingerprint density at radius 3 is 0.940 bits per heavy atom. The first-order valence-electron chi connectivity index (χ1n) is 17.3. The van der Waals surface area contributed by atoms with Gasteiger partial charge in [0.05, 0.1) is 0 Å². The highest BCUT2D eigenvalue weighted by atomic mass is 14.2. The first-order valence-corrected chi connectivity index (χ1v) is 17.3. The predicted octanol–water partition coefficient (Wildman–Crippen LogP) is 14.1. The van der Waals surface area contributed by atoms with Crippen LogP contribution in [0.2, 0.25) is 0 Å². The summed E-state index contributed by atoms with van der Waals surface area (Å²) in [6, 6.07) is 71.4. The van der Waals surface area contributed by atoms with Crippen molar-refractivity contribution in [2.45, 2.75) is 0 Å². The molecule has 0 aliphatic rings. The average Bonchev–Trinajstić information content (AvgIpc) is 3.20. The van der Waals surface area contributed by atoms with Crippen molar-refractivity contribution in [2.75, 3.05) is 0 Å². The van der Waals surface area contributed by atoms with Gasteiger partial charge in [-0.1, -0.05) is 158 Å². The largest absolute Gasteiger partial charge is 0.0622 e. The summed E-state index contributed by atoms with van der Waals surface area (Å²) < 4.78 is 0. The van der Waals surface area contributed by atoms with Crippen LogP contribution < -0.4 is 0 Å². The molecule has 0 heterocycles. The molecule has 0 spiro atoms.